The normalized spacial score (nSPS) is 11.7. The number of rotatable bonds is 3. The number of para-hydroxylation sites is 1. The summed E-state index contributed by atoms with van der Waals surface area (Å²) in [6.07, 6.45) is 0. The van der Waals surface area contributed by atoms with Crippen LogP contribution in [-0.2, 0) is 0 Å². The third-order valence-corrected chi connectivity index (χ3v) is 9.27. The lowest BCUT2D eigenvalue weighted by atomic mass is 9.98. The zero-order chi connectivity index (χ0) is 25.9. The second-order valence-electron chi connectivity index (χ2n) is 9.95. The van der Waals surface area contributed by atoms with Gasteiger partial charge in [-0.1, -0.05) is 101 Å². The lowest BCUT2D eigenvalue weighted by Gasteiger charge is -2.10. The first-order chi connectivity index (χ1) is 19.2. The minimum atomic E-state index is 1.09. The number of thiophene rings is 1. The van der Waals surface area contributed by atoms with Gasteiger partial charge in [-0.2, -0.15) is 0 Å². The molecule has 0 unspecified atom stereocenters. The smallest absolute Gasteiger partial charge is 0.0547 e. The van der Waals surface area contributed by atoms with Crippen molar-refractivity contribution in [3.63, 3.8) is 0 Å². The minimum Gasteiger partial charge on any atom is -0.309 e. The molecule has 2 heterocycles. The number of nitrogens with zero attached hydrogens (tertiary/aromatic N) is 1. The summed E-state index contributed by atoms with van der Waals surface area (Å²) in [6.45, 7) is 0. The Morgan fingerprint density at radius 1 is 0.436 bits per heavy atom. The summed E-state index contributed by atoms with van der Waals surface area (Å²) in [6, 6.07) is 48.6. The lowest BCUT2D eigenvalue weighted by molar-refractivity contribution is 1.19. The Labute approximate surface area is 238 Å². The molecule has 0 N–H and O–H groups in total. The molecule has 0 spiro atoms. The van der Waals surface area contributed by atoms with E-state index in [1.54, 1.807) is 0 Å². The maximum atomic E-state index is 3.62. The fourth-order valence-electron chi connectivity index (χ4n) is 5.83. The van der Waals surface area contributed by atoms with Crippen molar-refractivity contribution >= 4 is 69.2 Å². The fraction of sp³-hybridized carbons (Fsp3) is 0. The number of hydrogen-bond donors (Lipinski definition) is 0. The molecule has 0 aliphatic heterocycles. The quantitative estimate of drug-likeness (QED) is 0.196. The molecule has 0 atom stereocenters. The number of hydrogen-bond acceptors (Lipinski definition) is 1. The SMILES string of the molecule is Brc1cccc(-c2cccc(-c3ccc4c5ccccc5n(-c5ccc6c(c5)sc5ccccc56)c4c3)c2)c1. The van der Waals surface area contributed by atoms with Crippen LogP contribution in [0.5, 0.6) is 0 Å². The molecule has 0 aliphatic carbocycles. The van der Waals surface area contributed by atoms with Crippen molar-refractivity contribution < 1.29 is 0 Å². The zero-order valence-electron chi connectivity index (χ0n) is 20.9. The number of benzene rings is 6. The van der Waals surface area contributed by atoms with E-state index in [4.69, 9.17) is 0 Å². The Morgan fingerprint density at radius 2 is 1.08 bits per heavy atom. The average molecular weight is 581 g/mol. The molecule has 3 heteroatoms. The molecule has 39 heavy (non-hydrogen) atoms. The van der Waals surface area contributed by atoms with Crippen LogP contribution >= 0.6 is 27.3 Å². The molecular weight excluding hydrogens is 558 g/mol. The van der Waals surface area contributed by atoms with Crippen LogP contribution in [0.2, 0.25) is 0 Å². The molecule has 6 aromatic carbocycles. The molecule has 0 aliphatic rings. The third kappa shape index (κ3) is 3.73. The molecule has 184 valence electrons. The van der Waals surface area contributed by atoms with Gasteiger partial charge in [0.25, 0.3) is 0 Å². The highest BCUT2D eigenvalue weighted by Crippen LogP contribution is 2.39. The van der Waals surface area contributed by atoms with E-state index in [0.717, 1.165) is 4.47 Å². The molecular formula is C36H22BrNS. The molecule has 0 radical (unpaired) electrons. The van der Waals surface area contributed by atoms with E-state index in [1.165, 1.54) is 69.9 Å². The Bertz CT molecular complexity index is 2200. The van der Waals surface area contributed by atoms with Crippen LogP contribution in [0.25, 0.3) is 69.9 Å². The summed E-state index contributed by atoms with van der Waals surface area (Å²) < 4.78 is 6.17. The molecule has 0 saturated heterocycles. The van der Waals surface area contributed by atoms with Gasteiger partial charge in [0.15, 0.2) is 0 Å². The summed E-state index contributed by atoms with van der Waals surface area (Å²) >= 11 is 5.49. The maximum Gasteiger partial charge on any atom is 0.0547 e. The second kappa shape index (κ2) is 8.94. The van der Waals surface area contributed by atoms with Crippen molar-refractivity contribution in [3.05, 3.63) is 138 Å². The lowest BCUT2D eigenvalue weighted by Crippen LogP contribution is -1.93. The molecule has 8 aromatic rings. The Hall–Kier alpha value is -4.18. The van der Waals surface area contributed by atoms with Gasteiger partial charge in [0.2, 0.25) is 0 Å². The van der Waals surface area contributed by atoms with E-state index in [0.29, 0.717) is 0 Å². The molecule has 8 rings (SSSR count). The van der Waals surface area contributed by atoms with Crippen molar-refractivity contribution in [2.75, 3.05) is 0 Å². The second-order valence-corrected chi connectivity index (χ2v) is 12.0. The highest BCUT2D eigenvalue weighted by Gasteiger charge is 2.15. The van der Waals surface area contributed by atoms with E-state index < -0.39 is 0 Å². The average Bonchev–Trinajstić information content (AvgIpc) is 3.52. The highest BCUT2D eigenvalue weighted by atomic mass is 79.9. The van der Waals surface area contributed by atoms with Gasteiger partial charge < -0.3 is 4.57 Å². The van der Waals surface area contributed by atoms with E-state index in [9.17, 15) is 0 Å². The van der Waals surface area contributed by atoms with E-state index in [2.05, 4.69) is 154 Å². The summed E-state index contributed by atoms with van der Waals surface area (Å²) in [4.78, 5) is 0. The van der Waals surface area contributed by atoms with Crippen LogP contribution < -0.4 is 0 Å². The minimum absolute atomic E-state index is 1.09. The Morgan fingerprint density at radius 3 is 1.92 bits per heavy atom. The molecule has 0 amide bonds. The largest absolute Gasteiger partial charge is 0.309 e. The summed E-state index contributed by atoms with van der Waals surface area (Å²) in [5, 5.41) is 5.20. The van der Waals surface area contributed by atoms with Crippen LogP contribution in [0, 0.1) is 0 Å². The highest BCUT2D eigenvalue weighted by molar-refractivity contribution is 9.10. The fourth-order valence-corrected chi connectivity index (χ4v) is 7.37. The molecule has 0 bridgehead atoms. The van der Waals surface area contributed by atoms with Gasteiger partial charge in [-0.3, -0.25) is 0 Å². The van der Waals surface area contributed by atoms with Crippen LogP contribution in [0.15, 0.2) is 138 Å². The molecule has 1 nitrogen and oxygen atoms in total. The van der Waals surface area contributed by atoms with E-state index in [1.807, 2.05) is 11.3 Å². The first kappa shape index (κ1) is 22.8. The van der Waals surface area contributed by atoms with Gasteiger partial charge in [-0.15, -0.1) is 11.3 Å². The van der Waals surface area contributed by atoms with Crippen LogP contribution in [-0.4, -0.2) is 4.57 Å². The first-order valence-corrected chi connectivity index (χ1v) is 14.7. The molecule has 0 saturated carbocycles. The summed E-state index contributed by atoms with van der Waals surface area (Å²) in [7, 11) is 0. The molecule has 2 aromatic heterocycles. The predicted molar refractivity (Wildman–Crippen MR) is 172 cm³/mol. The van der Waals surface area contributed by atoms with E-state index >= 15 is 0 Å². The third-order valence-electron chi connectivity index (χ3n) is 7.65. The number of aromatic nitrogens is 1. The van der Waals surface area contributed by atoms with Crippen molar-refractivity contribution in [1.82, 2.24) is 4.57 Å². The van der Waals surface area contributed by atoms with E-state index in [-0.39, 0.29) is 0 Å². The van der Waals surface area contributed by atoms with Crippen molar-refractivity contribution in [1.29, 1.82) is 0 Å². The number of halogens is 1. The van der Waals surface area contributed by atoms with Gasteiger partial charge in [0.05, 0.1) is 11.0 Å². The van der Waals surface area contributed by atoms with Crippen molar-refractivity contribution in [3.8, 4) is 27.9 Å². The van der Waals surface area contributed by atoms with Crippen LogP contribution in [0.3, 0.4) is 0 Å². The molecule has 0 fully saturated rings. The van der Waals surface area contributed by atoms with Gasteiger partial charge >= 0.3 is 0 Å². The zero-order valence-corrected chi connectivity index (χ0v) is 23.3. The van der Waals surface area contributed by atoms with Crippen molar-refractivity contribution in [2.24, 2.45) is 0 Å². The summed E-state index contributed by atoms with van der Waals surface area (Å²) in [5.41, 5.74) is 8.50. The standard InChI is InChI=1S/C36H22BrNS/c37-27-10-6-9-25(20-27)23-7-5-8-24(19-23)26-15-17-30-29-11-1-3-13-33(29)38(34(30)21-26)28-16-18-32-31-12-2-4-14-35(31)39-36(32)22-28/h1-22H. The van der Waals surface area contributed by atoms with Gasteiger partial charge in [-0.05, 0) is 70.8 Å². The Kier molecular flexibility index (Phi) is 5.22. The first-order valence-electron chi connectivity index (χ1n) is 13.0. The van der Waals surface area contributed by atoms with Gasteiger partial charge in [0, 0.05) is 41.1 Å². The predicted octanol–water partition coefficient (Wildman–Crippen LogP) is 11.2. The van der Waals surface area contributed by atoms with Crippen LogP contribution in [0.1, 0.15) is 0 Å². The van der Waals surface area contributed by atoms with Crippen molar-refractivity contribution in [2.45, 2.75) is 0 Å². The number of fused-ring (bicyclic) bond motifs is 6. The topological polar surface area (TPSA) is 4.93 Å². The Balaban J connectivity index is 1.34. The monoisotopic (exact) mass is 579 g/mol. The van der Waals surface area contributed by atoms with Gasteiger partial charge in [-0.25, -0.2) is 0 Å². The maximum absolute atomic E-state index is 3.62. The summed E-state index contributed by atoms with van der Waals surface area (Å²) in [5.74, 6) is 0. The van der Waals surface area contributed by atoms with Crippen LogP contribution in [0.4, 0.5) is 0 Å². The van der Waals surface area contributed by atoms with Gasteiger partial charge in [0.1, 0.15) is 0 Å².